The van der Waals surface area contributed by atoms with Crippen molar-refractivity contribution >= 4 is 23.5 Å². The molecule has 0 spiro atoms. The fourth-order valence-electron chi connectivity index (χ4n) is 4.42. The van der Waals surface area contributed by atoms with Gasteiger partial charge >= 0.3 is 6.03 Å². The van der Waals surface area contributed by atoms with E-state index in [0.717, 1.165) is 38.8 Å². The molecule has 9 heteroatoms. The summed E-state index contributed by atoms with van der Waals surface area (Å²) in [6, 6.07) is 7.31. The van der Waals surface area contributed by atoms with Gasteiger partial charge in [0, 0.05) is 32.2 Å². The third kappa shape index (κ3) is 4.90. The minimum atomic E-state index is -0.219. The number of halogens is 1. The zero-order valence-corrected chi connectivity index (χ0v) is 19.4. The largest absolute Gasteiger partial charge is 0.419 e. The summed E-state index contributed by atoms with van der Waals surface area (Å²) < 4.78 is 5.82. The van der Waals surface area contributed by atoms with Crippen LogP contribution in [0.1, 0.15) is 45.4 Å². The Balaban J connectivity index is 1.44. The highest BCUT2D eigenvalue weighted by Crippen LogP contribution is 2.27. The number of urea groups is 1. The van der Waals surface area contributed by atoms with Crippen molar-refractivity contribution in [1.29, 1.82) is 0 Å². The molecule has 0 aliphatic carbocycles. The number of hydrogen-bond acceptors (Lipinski definition) is 5. The molecule has 8 nitrogen and oxygen atoms in total. The summed E-state index contributed by atoms with van der Waals surface area (Å²) >= 11 is 6.23. The molecule has 3 heterocycles. The lowest BCUT2D eigenvalue weighted by atomic mass is 9.96. The number of benzene rings is 1. The van der Waals surface area contributed by atoms with E-state index in [1.165, 1.54) is 0 Å². The average Bonchev–Trinajstić information content (AvgIpc) is 3.49. The molecule has 4 rings (SSSR count). The van der Waals surface area contributed by atoms with E-state index < -0.39 is 0 Å². The lowest BCUT2D eigenvalue weighted by Gasteiger charge is -2.37. The zero-order chi connectivity index (χ0) is 22.7. The number of likely N-dealkylation sites (tertiary alicyclic amines) is 2. The molecule has 32 heavy (non-hydrogen) atoms. The van der Waals surface area contributed by atoms with Crippen molar-refractivity contribution in [2.45, 2.75) is 52.1 Å². The molecule has 1 unspecified atom stereocenters. The lowest BCUT2D eigenvalue weighted by molar-refractivity contribution is -0.139. The molecule has 1 aromatic carbocycles. The summed E-state index contributed by atoms with van der Waals surface area (Å²) in [5.74, 6) is 0.504. The second kappa shape index (κ2) is 9.90. The van der Waals surface area contributed by atoms with Crippen LogP contribution in [-0.2, 0) is 11.3 Å². The zero-order valence-electron chi connectivity index (χ0n) is 18.7. The van der Waals surface area contributed by atoms with Crippen LogP contribution < -0.4 is 0 Å². The summed E-state index contributed by atoms with van der Waals surface area (Å²) in [4.78, 5) is 31.8. The van der Waals surface area contributed by atoms with Crippen LogP contribution in [0.5, 0.6) is 0 Å². The fraction of sp³-hybridized carbons (Fsp3) is 0.565. The van der Waals surface area contributed by atoms with Crippen LogP contribution in [0, 0.1) is 5.92 Å². The van der Waals surface area contributed by atoms with E-state index in [9.17, 15) is 9.59 Å². The van der Waals surface area contributed by atoms with Gasteiger partial charge in [-0.3, -0.25) is 4.79 Å². The Hall–Kier alpha value is -2.61. The third-order valence-corrected chi connectivity index (χ3v) is 6.53. The number of nitrogens with zero attached hydrogens (tertiary/aromatic N) is 5. The minimum Gasteiger partial charge on any atom is -0.419 e. The van der Waals surface area contributed by atoms with E-state index in [0.29, 0.717) is 35.5 Å². The first-order chi connectivity index (χ1) is 15.4. The van der Waals surface area contributed by atoms with E-state index in [-0.39, 0.29) is 30.4 Å². The van der Waals surface area contributed by atoms with Crippen LogP contribution in [0.3, 0.4) is 0 Å². The van der Waals surface area contributed by atoms with Crippen molar-refractivity contribution < 1.29 is 14.0 Å². The van der Waals surface area contributed by atoms with Crippen molar-refractivity contribution in [2.75, 3.05) is 26.2 Å². The Morgan fingerprint density at radius 3 is 2.56 bits per heavy atom. The van der Waals surface area contributed by atoms with Gasteiger partial charge in [-0.05, 0) is 51.7 Å². The molecule has 0 N–H and O–H groups in total. The molecule has 2 fully saturated rings. The maximum absolute atomic E-state index is 13.4. The quantitative estimate of drug-likeness (QED) is 0.673. The third-order valence-electron chi connectivity index (χ3n) is 6.20. The second-order valence-corrected chi connectivity index (χ2v) is 9.21. The van der Waals surface area contributed by atoms with Crippen molar-refractivity contribution in [3.8, 4) is 11.5 Å². The highest BCUT2D eigenvalue weighted by molar-refractivity contribution is 6.33. The van der Waals surface area contributed by atoms with Gasteiger partial charge in [-0.1, -0.05) is 23.7 Å². The van der Waals surface area contributed by atoms with Crippen LogP contribution in [0.4, 0.5) is 4.79 Å². The topological polar surface area (TPSA) is 82.8 Å². The molecule has 3 amide bonds. The summed E-state index contributed by atoms with van der Waals surface area (Å²) in [7, 11) is 0. The van der Waals surface area contributed by atoms with Gasteiger partial charge in [0.25, 0.3) is 0 Å². The molecule has 2 aliphatic heterocycles. The molecule has 2 saturated heterocycles. The van der Waals surface area contributed by atoms with E-state index in [2.05, 4.69) is 10.2 Å². The molecule has 172 valence electrons. The van der Waals surface area contributed by atoms with Gasteiger partial charge in [0.05, 0.1) is 23.0 Å². The van der Waals surface area contributed by atoms with Crippen molar-refractivity contribution in [2.24, 2.45) is 5.92 Å². The Morgan fingerprint density at radius 2 is 1.84 bits per heavy atom. The van der Waals surface area contributed by atoms with E-state index >= 15 is 0 Å². The second-order valence-electron chi connectivity index (χ2n) is 8.80. The van der Waals surface area contributed by atoms with E-state index in [1.807, 2.05) is 41.8 Å². The van der Waals surface area contributed by atoms with Crippen LogP contribution in [-0.4, -0.2) is 69.1 Å². The van der Waals surface area contributed by atoms with Gasteiger partial charge in [-0.2, -0.15) is 0 Å². The molecule has 2 aromatic rings. The number of amides is 3. The SMILES string of the molecule is CC(C)N(Cc1nnc(-c2ccccc2Cl)o1)C(=O)C1CCCN(C(=O)N2CCCC2)C1. The number of carbonyl (C=O) groups is 2. The number of rotatable bonds is 5. The standard InChI is InChI=1S/C23H30ClN5O3/c1-16(2)29(15-20-25-26-21(32-20)18-9-3-4-10-19(18)24)22(30)17-8-7-13-28(14-17)23(31)27-11-5-6-12-27/h3-4,9-10,16-17H,5-8,11-15H2,1-2H3. The van der Waals surface area contributed by atoms with Gasteiger partial charge in [0.2, 0.25) is 17.7 Å². The molecule has 0 bridgehead atoms. The highest BCUT2D eigenvalue weighted by atomic mass is 35.5. The molecular formula is C23H30ClN5O3. The number of aromatic nitrogens is 2. The lowest BCUT2D eigenvalue weighted by Crippen LogP contribution is -2.51. The van der Waals surface area contributed by atoms with Crippen LogP contribution in [0.2, 0.25) is 5.02 Å². The Bertz CT molecular complexity index is 957. The molecular weight excluding hydrogens is 430 g/mol. The predicted octanol–water partition coefficient (Wildman–Crippen LogP) is 4.05. The summed E-state index contributed by atoms with van der Waals surface area (Å²) in [5, 5.41) is 8.78. The van der Waals surface area contributed by atoms with Gasteiger partial charge in [0.1, 0.15) is 0 Å². The summed E-state index contributed by atoms with van der Waals surface area (Å²) in [6.45, 7) is 6.98. The molecule has 0 radical (unpaired) electrons. The first kappa shape index (κ1) is 22.6. The summed E-state index contributed by atoms with van der Waals surface area (Å²) in [5.41, 5.74) is 0.665. The highest BCUT2D eigenvalue weighted by Gasteiger charge is 2.34. The maximum atomic E-state index is 13.4. The Labute approximate surface area is 193 Å². The molecule has 2 aliphatic rings. The maximum Gasteiger partial charge on any atom is 0.320 e. The number of carbonyl (C=O) groups excluding carboxylic acids is 2. The van der Waals surface area contributed by atoms with Gasteiger partial charge < -0.3 is 19.1 Å². The summed E-state index contributed by atoms with van der Waals surface area (Å²) in [6.07, 6.45) is 3.73. The van der Waals surface area contributed by atoms with E-state index in [4.69, 9.17) is 16.0 Å². The first-order valence-corrected chi connectivity index (χ1v) is 11.7. The van der Waals surface area contributed by atoms with Gasteiger partial charge in [0.15, 0.2) is 0 Å². The van der Waals surface area contributed by atoms with Crippen LogP contribution >= 0.6 is 11.6 Å². The van der Waals surface area contributed by atoms with E-state index in [1.54, 1.807) is 11.0 Å². The van der Waals surface area contributed by atoms with Gasteiger partial charge in [-0.25, -0.2) is 4.79 Å². The van der Waals surface area contributed by atoms with Crippen molar-refractivity contribution in [3.63, 3.8) is 0 Å². The van der Waals surface area contributed by atoms with Crippen LogP contribution in [0.25, 0.3) is 11.5 Å². The molecule has 1 atom stereocenters. The Kier molecular flexibility index (Phi) is 6.98. The smallest absolute Gasteiger partial charge is 0.320 e. The number of piperidine rings is 1. The van der Waals surface area contributed by atoms with Crippen molar-refractivity contribution in [1.82, 2.24) is 24.9 Å². The monoisotopic (exact) mass is 459 g/mol. The van der Waals surface area contributed by atoms with Gasteiger partial charge in [-0.15, -0.1) is 10.2 Å². The Morgan fingerprint density at radius 1 is 1.12 bits per heavy atom. The van der Waals surface area contributed by atoms with Crippen molar-refractivity contribution in [3.05, 3.63) is 35.2 Å². The molecule has 0 saturated carbocycles. The molecule has 1 aromatic heterocycles. The number of hydrogen-bond donors (Lipinski definition) is 0. The fourth-order valence-corrected chi connectivity index (χ4v) is 4.63. The average molecular weight is 460 g/mol. The van der Waals surface area contributed by atoms with Crippen LogP contribution in [0.15, 0.2) is 28.7 Å². The predicted molar refractivity (Wildman–Crippen MR) is 121 cm³/mol. The minimum absolute atomic E-state index is 0.0245. The first-order valence-electron chi connectivity index (χ1n) is 11.4. The normalized spacial score (nSPS) is 18.9.